The van der Waals surface area contributed by atoms with E-state index in [1.54, 1.807) is 5.48 Å². The minimum atomic E-state index is -0.658. The molecule has 0 bridgehead atoms. The van der Waals surface area contributed by atoms with Gasteiger partial charge in [0, 0.05) is 38.6 Å². The van der Waals surface area contributed by atoms with Crippen LogP contribution in [0, 0.1) is 0 Å². The van der Waals surface area contributed by atoms with Crippen molar-refractivity contribution in [2.75, 3.05) is 31.1 Å². The van der Waals surface area contributed by atoms with E-state index in [-0.39, 0.29) is 17.4 Å². The van der Waals surface area contributed by atoms with E-state index >= 15 is 0 Å². The molecular formula is C23H23N5O3. The van der Waals surface area contributed by atoms with Gasteiger partial charge in [-0.25, -0.2) is 15.4 Å². The summed E-state index contributed by atoms with van der Waals surface area (Å²) in [6.45, 7) is 2.29. The van der Waals surface area contributed by atoms with E-state index in [2.05, 4.69) is 9.97 Å². The SMILES string of the molecule is O=C(NO)c1cnc(N2CCN(C(=O)C(c3ccccc3)c3ccccc3)CC2)nc1. The van der Waals surface area contributed by atoms with Crippen molar-refractivity contribution in [3.63, 3.8) is 0 Å². The maximum Gasteiger partial charge on any atom is 0.277 e. The molecule has 1 fully saturated rings. The zero-order chi connectivity index (χ0) is 21.6. The molecule has 0 atom stereocenters. The Morgan fingerprint density at radius 2 is 1.35 bits per heavy atom. The molecule has 0 radical (unpaired) electrons. The Hall–Kier alpha value is -3.78. The number of hydroxylamine groups is 1. The van der Waals surface area contributed by atoms with Crippen molar-refractivity contribution in [3.8, 4) is 0 Å². The third kappa shape index (κ3) is 4.54. The molecule has 2 amide bonds. The fourth-order valence-corrected chi connectivity index (χ4v) is 3.74. The Kier molecular flexibility index (Phi) is 6.18. The molecule has 1 saturated heterocycles. The zero-order valence-corrected chi connectivity index (χ0v) is 16.9. The topological polar surface area (TPSA) is 98.7 Å². The number of benzene rings is 2. The molecule has 0 spiro atoms. The smallest absolute Gasteiger partial charge is 0.277 e. The van der Waals surface area contributed by atoms with Crippen LogP contribution in [0.2, 0.25) is 0 Å². The predicted octanol–water partition coefficient (Wildman–Crippen LogP) is 2.08. The van der Waals surface area contributed by atoms with Crippen LogP contribution < -0.4 is 10.4 Å². The second kappa shape index (κ2) is 9.36. The van der Waals surface area contributed by atoms with Gasteiger partial charge in [0.1, 0.15) is 0 Å². The fourth-order valence-electron chi connectivity index (χ4n) is 3.74. The van der Waals surface area contributed by atoms with Gasteiger partial charge in [-0.1, -0.05) is 60.7 Å². The Morgan fingerprint density at radius 3 is 1.84 bits per heavy atom. The minimum absolute atomic E-state index is 0.0768. The molecule has 0 saturated carbocycles. The summed E-state index contributed by atoms with van der Waals surface area (Å²) in [5.74, 6) is -0.437. The van der Waals surface area contributed by atoms with Crippen molar-refractivity contribution in [1.82, 2.24) is 20.3 Å². The molecule has 8 nitrogen and oxygen atoms in total. The quantitative estimate of drug-likeness (QED) is 0.487. The van der Waals surface area contributed by atoms with Gasteiger partial charge in [-0.2, -0.15) is 0 Å². The van der Waals surface area contributed by atoms with Crippen molar-refractivity contribution in [2.45, 2.75) is 5.92 Å². The van der Waals surface area contributed by atoms with Crippen LogP contribution in [0.3, 0.4) is 0 Å². The summed E-state index contributed by atoms with van der Waals surface area (Å²) in [7, 11) is 0. The Balaban J connectivity index is 1.47. The number of rotatable bonds is 5. The van der Waals surface area contributed by atoms with Crippen LogP contribution in [-0.2, 0) is 4.79 Å². The summed E-state index contributed by atoms with van der Waals surface area (Å²) in [6.07, 6.45) is 2.73. The number of carbonyl (C=O) groups excluding carboxylic acids is 2. The van der Waals surface area contributed by atoms with Crippen molar-refractivity contribution < 1.29 is 14.8 Å². The average Bonchev–Trinajstić information content (AvgIpc) is 2.85. The molecule has 1 aromatic heterocycles. The fraction of sp³-hybridized carbons (Fsp3) is 0.217. The number of nitrogens with zero attached hydrogens (tertiary/aromatic N) is 4. The molecular weight excluding hydrogens is 394 g/mol. The van der Waals surface area contributed by atoms with Crippen LogP contribution in [0.5, 0.6) is 0 Å². The van der Waals surface area contributed by atoms with Crippen LogP contribution in [0.15, 0.2) is 73.1 Å². The van der Waals surface area contributed by atoms with Crippen molar-refractivity contribution >= 4 is 17.8 Å². The molecule has 2 aromatic carbocycles. The van der Waals surface area contributed by atoms with Crippen molar-refractivity contribution in [3.05, 3.63) is 89.7 Å². The second-order valence-electron chi connectivity index (χ2n) is 7.28. The largest absolute Gasteiger partial charge is 0.338 e. The molecule has 2 heterocycles. The molecule has 31 heavy (non-hydrogen) atoms. The van der Waals surface area contributed by atoms with Gasteiger partial charge >= 0.3 is 0 Å². The molecule has 4 rings (SSSR count). The number of aromatic nitrogens is 2. The molecule has 8 heteroatoms. The van der Waals surface area contributed by atoms with E-state index < -0.39 is 5.91 Å². The third-order valence-corrected chi connectivity index (χ3v) is 5.39. The highest BCUT2D eigenvalue weighted by Crippen LogP contribution is 2.27. The highest BCUT2D eigenvalue weighted by molar-refractivity contribution is 5.92. The lowest BCUT2D eigenvalue weighted by atomic mass is 9.90. The first-order chi connectivity index (χ1) is 15.2. The van der Waals surface area contributed by atoms with E-state index in [4.69, 9.17) is 5.21 Å². The molecule has 1 aliphatic heterocycles. The van der Waals surface area contributed by atoms with E-state index in [0.717, 1.165) is 11.1 Å². The average molecular weight is 417 g/mol. The first kappa shape index (κ1) is 20.5. The summed E-state index contributed by atoms with van der Waals surface area (Å²) in [6, 6.07) is 19.7. The van der Waals surface area contributed by atoms with Gasteiger partial charge in [-0.05, 0) is 11.1 Å². The predicted molar refractivity (Wildman–Crippen MR) is 115 cm³/mol. The standard InChI is InChI=1S/C23H23N5O3/c29-21(26-31)19-15-24-23(25-16-19)28-13-11-27(12-14-28)22(30)20(17-7-3-1-4-8-17)18-9-5-2-6-10-18/h1-10,15-16,20,31H,11-14H2,(H,26,29). The lowest BCUT2D eigenvalue weighted by Gasteiger charge is -2.36. The monoisotopic (exact) mass is 417 g/mol. The number of hydrogen-bond donors (Lipinski definition) is 2. The van der Waals surface area contributed by atoms with Crippen LogP contribution in [0.4, 0.5) is 5.95 Å². The van der Waals surface area contributed by atoms with Crippen molar-refractivity contribution in [1.29, 1.82) is 0 Å². The van der Waals surface area contributed by atoms with Crippen LogP contribution in [0.25, 0.3) is 0 Å². The number of amides is 2. The first-order valence-electron chi connectivity index (χ1n) is 10.1. The summed E-state index contributed by atoms with van der Waals surface area (Å²) in [5, 5.41) is 8.69. The van der Waals surface area contributed by atoms with Gasteiger partial charge in [0.2, 0.25) is 11.9 Å². The number of nitrogens with one attached hydrogen (secondary N) is 1. The van der Waals surface area contributed by atoms with E-state index in [1.807, 2.05) is 70.5 Å². The maximum atomic E-state index is 13.5. The first-order valence-corrected chi connectivity index (χ1v) is 10.1. The molecule has 2 N–H and O–H groups in total. The number of piperazine rings is 1. The highest BCUT2D eigenvalue weighted by atomic mass is 16.5. The third-order valence-electron chi connectivity index (χ3n) is 5.39. The van der Waals surface area contributed by atoms with E-state index in [0.29, 0.717) is 32.1 Å². The van der Waals surface area contributed by atoms with Gasteiger partial charge < -0.3 is 9.80 Å². The minimum Gasteiger partial charge on any atom is -0.338 e. The normalized spacial score (nSPS) is 13.9. The van der Waals surface area contributed by atoms with E-state index in [9.17, 15) is 9.59 Å². The second-order valence-corrected chi connectivity index (χ2v) is 7.28. The molecule has 3 aromatic rings. The highest BCUT2D eigenvalue weighted by Gasteiger charge is 2.30. The van der Waals surface area contributed by atoms with Gasteiger partial charge in [0.15, 0.2) is 0 Å². The molecule has 0 aliphatic carbocycles. The van der Waals surface area contributed by atoms with Gasteiger partial charge in [-0.3, -0.25) is 14.8 Å². The van der Waals surface area contributed by atoms with Crippen molar-refractivity contribution in [2.24, 2.45) is 0 Å². The van der Waals surface area contributed by atoms with E-state index in [1.165, 1.54) is 12.4 Å². The van der Waals surface area contributed by atoms with Crippen LogP contribution in [-0.4, -0.2) is 58.1 Å². The summed E-state index contributed by atoms with van der Waals surface area (Å²) in [4.78, 5) is 37.2. The zero-order valence-electron chi connectivity index (χ0n) is 16.9. The maximum absolute atomic E-state index is 13.5. The Morgan fingerprint density at radius 1 is 0.839 bits per heavy atom. The summed E-state index contributed by atoms with van der Waals surface area (Å²) >= 11 is 0. The summed E-state index contributed by atoms with van der Waals surface area (Å²) < 4.78 is 0. The number of anilines is 1. The number of hydrogen-bond acceptors (Lipinski definition) is 6. The molecule has 1 aliphatic rings. The Labute approximate surface area is 180 Å². The summed E-state index contributed by atoms with van der Waals surface area (Å²) in [5.41, 5.74) is 3.68. The molecule has 158 valence electrons. The molecule has 0 unspecified atom stereocenters. The van der Waals surface area contributed by atoms with Gasteiger partial charge in [-0.15, -0.1) is 0 Å². The van der Waals surface area contributed by atoms with Gasteiger partial charge in [0.05, 0.1) is 11.5 Å². The number of carbonyl (C=O) groups is 2. The van der Waals surface area contributed by atoms with Gasteiger partial charge in [0.25, 0.3) is 5.91 Å². The lowest BCUT2D eigenvalue weighted by molar-refractivity contribution is -0.132. The van der Waals surface area contributed by atoms with Crippen LogP contribution >= 0.6 is 0 Å². The van der Waals surface area contributed by atoms with Crippen LogP contribution in [0.1, 0.15) is 27.4 Å². The Bertz CT molecular complexity index is 981. The lowest BCUT2D eigenvalue weighted by Crippen LogP contribution is -2.50.